The lowest BCUT2D eigenvalue weighted by molar-refractivity contribution is 0.0945. The molecule has 36 heavy (non-hydrogen) atoms. The summed E-state index contributed by atoms with van der Waals surface area (Å²) in [5, 5.41) is 17.2. The Morgan fingerprint density at radius 3 is 2.53 bits per heavy atom. The monoisotopic (exact) mass is 481 g/mol. The van der Waals surface area contributed by atoms with Crippen LogP contribution in [0.3, 0.4) is 0 Å². The molecule has 3 N–H and O–H groups in total. The third kappa shape index (κ3) is 5.22. The molecule has 1 amide bonds. The summed E-state index contributed by atoms with van der Waals surface area (Å²) in [6.45, 7) is 5.97. The highest BCUT2D eigenvalue weighted by Crippen LogP contribution is 2.20. The maximum atomic E-state index is 12.6. The second kappa shape index (κ2) is 9.70. The molecule has 5 aromatic rings. The van der Waals surface area contributed by atoms with Crippen molar-refractivity contribution in [2.75, 3.05) is 5.32 Å². The number of H-pyrrole nitrogens is 1. The summed E-state index contributed by atoms with van der Waals surface area (Å²) in [5.74, 6) is 2.05. The number of anilines is 2. The van der Waals surface area contributed by atoms with Crippen LogP contribution in [-0.2, 0) is 6.54 Å². The SMILES string of the molecule is Cc1cnn(-c2cnc(CNC(=O)c3ccc(-c4nc(C)cc(Nc5cc(C)[nH]n5)n4)cn3)cn2)c1. The number of nitrogens with zero attached hydrogens (tertiary/aromatic N) is 8. The molecule has 5 aromatic heterocycles. The molecule has 0 fully saturated rings. The molecule has 0 saturated heterocycles. The Morgan fingerprint density at radius 1 is 0.972 bits per heavy atom. The summed E-state index contributed by atoms with van der Waals surface area (Å²) < 4.78 is 1.64. The van der Waals surface area contributed by atoms with Gasteiger partial charge in [-0.25, -0.2) is 19.6 Å². The average Bonchev–Trinajstić information content (AvgIpc) is 3.50. The predicted molar refractivity (Wildman–Crippen MR) is 132 cm³/mol. The van der Waals surface area contributed by atoms with Crippen LogP contribution in [0.1, 0.15) is 33.1 Å². The number of hydrogen-bond acceptors (Lipinski definition) is 9. The summed E-state index contributed by atoms with van der Waals surface area (Å²) in [4.78, 5) is 34.6. The Balaban J connectivity index is 1.22. The predicted octanol–water partition coefficient (Wildman–Crippen LogP) is 2.84. The number of pyridine rings is 1. The number of hydrogen-bond donors (Lipinski definition) is 3. The fourth-order valence-electron chi connectivity index (χ4n) is 3.39. The highest BCUT2D eigenvalue weighted by Gasteiger charge is 2.11. The Kier molecular flexibility index (Phi) is 6.14. The second-order valence-electron chi connectivity index (χ2n) is 8.22. The van der Waals surface area contributed by atoms with E-state index in [9.17, 15) is 4.79 Å². The van der Waals surface area contributed by atoms with Crippen molar-refractivity contribution in [1.29, 1.82) is 0 Å². The molecule has 0 aliphatic heterocycles. The second-order valence-corrected chi connectivity index (χ2v) is 8.22. The van der Waals surface area contributed by atoms with Crippen molar-refractivity contribution < 1.29 is 4.79 Å². The smallest absolute Gasteiger partial charge is 0.270 e. The minimum Gasteiger partial charge on any atom is -0.345 e. The summed E-state index contributed by atoms with van der Waals surface area (Å²) in [5.41, 5.74) is 4.33. The molecule has 5 rings (SSSR count). The Labute approximate surface area is 206 Å². The van der Waals surface area contributed by atoms with Gasteiger partial charge in [-0.1, -0.05) is 0 Å². The lowest BCUT2D eigenvalue weighted by Gasteiger charge is -2.08. The van der Waals surface area contributed by atoms with Gasteiger partial charge in [0, 0.05) is 41.5 Å². The molecule has 0 saturated carbocycles. The van der Waals surface area contributed by atoms with Crippen molar-refractivity contribution in [3.63, 3.8) is 0 Å². The lowest BCUT2D eigenvalue weighted by Crippen LogP contribution is -2.24. The van der Waals surface area contributed by atoms with Crippen LogP contribution in [0.25, 0.3) is 17.2 Å². The molecule has 0 spiro atoms. The van der Waals surface area contributed by atoms with Gasteiger partial charge >= 0.3 is 0 Å². The summed E-state index contributed by atoms with van der Waals surface area (Å²) in [6.07, 6.45) is 8.40. The van der Waals surface area contributed by atoms with Crippen LogP contribution in [-0.4, -0.2) is 50.8 Å². The summed E-state index contributed by atoms with van der Waals surface area (Å²) >= 11 is 0. The van der Waals surface area contributed by atoms with Crippen LogP contribution in [0.2, 0.25) is 0 Å². The molecule has 12 heteroatoms. The van der Waals surface area contributed by atoms with Gasteiger partial charge in [0.15, 0.2) is 17.5 Å². The van der Waals surface area contributed by atoms with E-state index in [-0.39, 0.29) is 18.1 Å². The Bertz CT molecular complexity index is 1500. The first kappa shape index (κ1) is 22.8. The van der Waals surface area contributed by atoms with E-state index in [1.54, 1.807) is 41.6 Å². The molecular formula is C24H23N11O. The van der Waals surface area contributed by atoms with E-state index in [0.29, 0.717) is 34.5 Å². The maximum absolute atomic E-state index is 12.6. The number of carbonyl (C=O) groups excluding carboxylic acids is 1. The van der Waals surface area contributed by atoms with E-state index in [4.69, 9.17) is 0 Å². The first-order valence-electron chi connectivity index (χ1n) is 11.1. The zero-order valence-electron chi connectivity index (χ0n) is 19.9. The van der Waals surface area contributed by atoms with Gasteiger partial charge in [-0.05, 0) is 38.5 Å². The molecule has 0 radical (unpaired) electrons. The lowest BCUT2D eigenvalue weighted by atomic mass is 10.2. The van der Waals surface area contributed by atoms with Gasteiger partial charge in [-0.2, -0.15) is 10.2 Å². The zero-order chi connectivity index (χ0) is 25.1. The number of rotatable bonds is 7. The maximum Gasteiger partial charge on any atom is 0.270 e. The number of aryl methyl sites for hydroxylation is 3. The molecule has 0 aromatic carbocycles. The van der Waals surface area contributed by atoms with Crippen LogP contribution >= 0.6 is 0 Å². The van der Waals surface area contributed by atoms with Gasteiger partial charge in [0.2, 0.25) is 0 Å². The van der Waals surface area contributed by atoms with Crippen molar-refractivity contribution >= 4 is 17.5 Å². The standard InChI is InChI=1S/C24H23N11O/c1-14-8-29-35(13-14)22-12-25-18(10-27-22)11-28-24(36)19-5-4-17(9-26-19)23-30-15(2)6-20(32-23)31-21-7-16(3)33-34-21/h4-10,12-13H,11H2,1-3H3,(H,28,36)(H2,30,31,32,33,34). The highest BCUT2D eigenvalue weighted by molar-refractivity contribution is 5.92. The third-order valence-corrected chi connectivity index (χ3v) is 5.14. The largest absolute Gasteiger partial charge is 0.345 e. The zero-order valence-corrected chi connectivity index (χ0v) is 19.9. The van der Waals surface area contributed by atoms with E-state index in [2.05, 4.69) is 50.8 Å². The molecule has 0 aliphatic rings. The third-order valence-electron chi connectivity index (χ3n) is 5.14. The van der Waals surface area contributed by atoms with Gasteiger partial charge in [0.05, 0.1) is 30.8 Å². The van der Waals surface area contributed by atoms with Gasteiger partial charge in [0.1, 0.15) is 11.5 Å². The fraction of sp³-hybridized carbons (Fsp3) is 0.167. The van der Waals surface area contributed by atoms with E-state index >= 15 is 0 Å². The van der Waals surface area contributed by atoms with E-state index in [1.165, 1.54) is 0 Å². The highest BCUT2D eigenvalue weighted by atomic mass is 16.1. The van der Waals surface area contributed by atoms with Gasteiger partial charge in [-0.15, -0.1) is 0 Å². The fourth-order valence-corrected chi connectivity index (χ4v) is 3.39. The average molecular weight is 482 g/mol. The van der Waals surface area contributed by atoms with Crippen molar-refractivity contribution in [2.45, 2.75) is 27.3 Å². The molecule has 0 aliphatic carbocycles. The van der Waals surface area contributed by atoms with Crippen LogP contribution in [0.15, 0.2) is 55.2 Å². The van der Waals surface area contributed by atoms with Crippen LogP contribution < -0.4 is 10.6 Å². The van der Waals surface area contributed by atoms with E-state index in [1.807, 2.05) is 39.1 Å². The topological polar surface area (TPSA) is 152 Å². The molecule has 0 atom stereocenters. The molecular weight excluding hydrogens is 458 g/mol. The molecule has 0 unspecified atom stereocenters. The first-order valence-corrected chi connectivity index (χ1v) is 11.1. The number of aromatic nitrogens is 9. The summed E-state index contributed by atoms with van der Waals surface area (Å²) in [7, 11) is 0. The van der Waals surface area contributed by atoms with Gasteiger partial charge in [-0.3, -0.25) is 19.9 Å². The minimum atomic E-state index is -0.323. The number of amides is 1. The molecule has 0 bridgehead atoms. The van der Waals surface area contributed by atoms with Crippen LogP contribution in [0.5, 0.6) is 0 Å². The van der Waals surface area contributed by atoms with Crippen molar-refractivity contribution in [2.24, 2.45) is 0 Å². The quantitative estimate of drug-likeness (QED) is 0.318. The molecule has 180 valence electrons. The van der Waals surface area contributed by atoms with Crippen molar-refractivity contribution in [3.8, 4) is 17.2 Å². The molecule has 5 heterocycles. The number of carbonyl (C=O) groups is 1. The van der Waals surface area contributed by atoms with Crippen LogP contribution in [0.4, 0.5) is 11.6 Å². The first-order chi connectivity index (χ1) is 17.4. The summed E-state index contributed by atoms with van der Waals surface area (Å²) in [6, 6.07) is 7.11. The normalized spacial score (nSPS) is 10.9. The minimum absolute atomic E-state index is 0.219. The van der Waals surface area contributed by atoms with Crippen LogP contribution in [0, 0.1) is 20.8 Å². The number of nitrogens with one attached hydrogen (secondary N) is 3. The molecule has 12 nitrogen and oxygen atoms in total. The van der Waals surface area contributed by atoms with E-state index < -0.39 is 0 Å². The van der Waals surface area contributed by atoms with E-state index in [0.717, 1.165) is 17.0 Å². The number of aromatic amines is 1. The van der Waals surface area contributed by atoms with Crippen molar-refractivity contribution in [1.82, 2.24) is 50.2 Å². The van der Waals surface area contributed by atoms with Gasteiger partial charge in [0.25, 0.3) is 5.91 Å². The Morgan fingerprint density at radius 2 is 1.86 bits per heavy atom. The van der Waals surface area contributed by atoms with Gasteiger partial charge < -0.3 is 10.6 Å². The Hall–Kier alpha value is -5.00. The van der Waals surface area contributed by atoms with Crippen molar-refractivity contribution in [3.05, 3.63) is 83.6 Å².